The van der Waals surface area contributed by atoms with E-state index < -0.39 is 0 Å². The zero-order valence-electron chi connectivity index (χ0n) is 11.3. The van der Waals surface area contributed by atoms with Gasteiger partial charge in [-0.1, -0.05) is 6.07 Å². The Balaban J connectivity index is 1.78. The molecular weight excluding hydrogens is 288 g/mol. The average molecular weight is 304 g/mol. The maximum Gasteiger partial charge on any atom is 0.271 e. The molecule has 1 atom stereocenters. The van der Waals surface area contributed by atoms with Gasteiger partial charge >= 0.3 is 0 Å². The molecule has 3 rings (SSSR count). The van der Waals surface area contributed by atoms with E-state index in [2.05, 4.69) is 15.3 Å². The molecule has 2 aromatic heterocycles. The second-order valence-electron chi connectivity index (χ2n) is 5.16. The number of pyridine rings is 1. The van der Waals surface area contributed by atoms with Crippen LogP contribution in [0.15, 0.2) is 29.8 Å². The van der Waals surface area contributed by atoms with Crippen LogP contribution in [0.2, 0.25) is 0 Å². The summed E-state index contributed by atoms with van der Waals surface area (Å²) in [5.74, 6) is -0.0742. The smallest absolute Gasteiger partial charge is 0.271 e. The van der Waals surface area contributed by atoms with Crippen molar-refractivity contribution >= 4 is 22.4 Å². The molecule has 21 heavy (non-hydrogen) atoms. The van der Waals surface area contributed by atoms with Gasteiger partial charge in [-0.2, -0.15) is 0 Å². The molecule has 0 unspecified atom stereocenters. The van der Waals surface area contributed by atoms with Crippen LogP contribution in [0, 0.1) is 5.92 Å². The highest BCUT2D eigenvalue weighted by Crippen LogP contribution is 2.37. The summed E-state index contributed by atoms with van der Waals surface area (Å²) in [6.45, 7) is 0. The van der Waals surface area contributed by atoms with Crippen LogP contribution in [0.1, 0.15) is 35.1 Å². The third-order valence-corrected chi connectivity index (χ3v) is 4.34. The van der Waals surface area contributed by atoms with E-state index in [1.54, 1.807) is 11.6 Å². The molecule has 7 heteroatoms. The number of rotatable bonds is 4. The van der Waals surface area contributed by atoms with Crippen LogP contribution in [0.3, 0.4) is 0 Å². The van der Waals surface area contributed by atoms with Gasteiger partial charge in [0, 0.05) is 11.6 Å². The van der Waals surface area contributed by atoms with Crippen LogP contribution in [0.4, 0.5) is 5.13 Å². The van der Waals surface area contributed by atoms with Gasteiger partial charge in [-0.3, -0.25) is 9.78 Å². The van der Waals surface area contributed by atoms with E-state index in [-0.39, 0.29) is 24.0 Å². The molecule has 1 aliphatic carbocycles. The average Bonchev–Trinajstić information content (AvgIpc) is 2.89. The van der Waals surface area contributed by atoms with Crippen LogP contribution >= 0.6 is 11.3 Å². The van der Waals surface area contributed by atoms with Crippen molar-refractivity contribution in [3.63, 3.8) is 0 Å². The number of nitrogens with one attached hydrogen (secondary N) is 1. The summed E-state index contributed by atoms with van der Waals surface area (Å²) in [6.07, 6.45) is 2.75. The van der Waals surface area contributed by atoms with E-state index in [1.807, 2.05) is 18.2 Å². The number of nitrogen functional groups attached to an aromatic ring is 1. The Labute approximate surface area is 126 Å². The van der Waals surface area contributed by atoms with E-state index in [4.69, 9.17) is 5.73 Å². The Morgan fingerprint density at radius 3 is 2.86 bits per heavy atom. The molecule has 1 saturated carbocycles. The lowest BCUT2D eigenvalue weighted by Crippen LogP contribution is -2.41. The first-order chi connectivity index (χ1) is 10.1. The molecule has 2 aromatic rings. The summed E-state index contributed by atoms with van der Waals surface area (Å²) >= 11 is 1.23. The molecule has 1 aliphatic rings. The molecule has 110 valence electrons. The summed E-state index contributed by atoms with van der Waals surface area (Å²) in [5, 5.41) is 14.5. The van der Waals surface area contributed by atoms with Gasteiger partial charge in [0.05, 0.1) is 17.8 Å². The lowest BCUT2D eigenvalue weighted by Gasteiger charge is -2.37. The lowest BCUT2D eigenvalue weighted by molar-refractivity contribution is 0.0228. The zero-order valence-corrected chi connectivity index (χ0v) is 12.1. The maximum atomic E-state index is 12.3. The first-order valence-electron chi connectivity index (χ1n) is 6.74. The van der Waals surface area contributed by atoms with Gasteiger partial charge in [-0.05, 0) is 30.9 Å². The standard InChI is InChI=1S/C14H16N4O2S/c15-14-17-11(7-21-14)13(20)18-12(8-5-9(19)6-8)10-3-1-2-4-16-10/h1-4,7-9,12,19H,5-6H2,(H2,15,17)(H,18,20)/t8?,9?,12-/m0/s1. The van der Waals surface area contributed by atoms with Gasteiger partial charge < -0.3 is 16.2 Å². The number of hydrogen-bond acceptors (Lipinski definition) is 6. The summed E-state index contributed by atoms with van der Waals surface area (Å²) < 4.78 is 0. The number of amides is 1. The molecule has 6 nitrogen and oxygen atoms in total. The highest BCUT2D eigenvalue weighted by molar-refractivity contribution is 7.13. The minimum Gasteiger partial charge on any atom is -0.393 e. The van der Waals surface area contributed by atoms with Gasteiger partial charge in [0.1, 0.15) is 5.69 Å². The number of carbonyl (C=O) groups is 1. The van der Waals surface area contributed by atoms with Crippen LogP contribution in [0.25, 0.3) is 0 Å². The number of aliphatic hydroxyl groups excluding tert-OH is 1. The van der Waals surface area contributed by atoms with E-state index in [0.717, 1.165) is 5.69 Å². The van der Waals surface area contributed by atoms with E-state index in [0.29, 0.717) is 23.7 Å². The fraction of sp³-hybridized carbons (Fsp3) is 0.357. The highest BCUT2D eigenvalue weighted by atomic mass is 32.1. The first-order valence-corrected chi connectivity index (χ1v) is 7.62. The molecule has 1 amide bonds. The van der Waals surface area contributed by atoms with Crippen molar-refractivity contribution in [1.29, 1.82) is 0 Å². The normalized spacial score (nSPS) is 22.3. The largest absolute Gasteiger partial charge is 0.393 e. The van der Waals surface area contributed by atoms with Gasteiger partial charge in [0.2, 0.25) is 0 Å². The van der Waals surface area contributed by atoms with Crippen molar-refractivity contribution in [3.05, 3.63) is 41.2 Å². The van der Waals surface area contributed by atoms with Crippen LogP contribution in [-0.4, -0.2) is 27.1 Å². The SMILES string of the molecule is Nc1nc(C(=O)N[C@H](c2ccccn2)C2CC(O)C2)cs1. The molecule has 0 bridgehead atoms. The van der Waals surface area contributed by atoms with Gasteiger partial charge in [-0.25, -0.2) is 4.98 Å². The molecule has 0 saturated heterocycles. The Bertz CT molecular complexity index is 625. The fourth-order valence-corrected chi connectivity index (χ4v) is 3.05. The maximum absolute atomic E-state index is 12.3. The van der Waals surface area contributed by atoms with Gasteiger partial charge in [0.15, 0.2) is 5.13 Å². The fourth-order valence-electron chi connectivity index (χ4n) is 2.50. The van der Waals surface area contributed by atoms with E-state index in [1.165, 1.54) is 11.3 Å². The van der Waals surface area contributed by atoms with Crippen molar-refractivity contribution in [1.82, 2.24) is 15.3 Å². The predicted octanol–water partition coefficient (Wildman–Crippen LogP) is 1.36. The number of aromatic nitrogens is 2. The quantitative estimate of drug-likeness (QED) is 0.792. The number of hydrogen-bond donors (Lipinski definition) is 3. The number of aliphatic hydroxyl groups is 1. The lowest BCUT2D eigenvalue weighted by atomic mass is 9.76. The third-order valence-electron chi connectivity index (χ3n) is 3.67. The molecule has 0 aromatic carbocycles. The second-order valence-corrected chi connectivity index (χ2v) is 6.05. The minimum atomic E-state index is -0.284. The van der Waals surface area contributed by atoms with Crippen LogP contribution in [0.5, 0.6) is 0 Å². The third kappa shape index (κ3) is 3.03. The molecule has 0 aliphatic heterocycles. The number of anilines is 1. The van der Waals surface area contributed by atoms with Crippen molar-refractivity contribution < 1.29 is 9.90 Å². The van der Waals surface area contributed by atoms with E-state index in [9.17, 15) is 9.90 Å². The topological polar surface area (TPSA) is 101 Å². The Hall–Kier alpha value is -1.99. The molecule has 0 spiro atoms. The van der Waals surface area contributed by atoms with E-state index >= 15 is 0 Å². The number of thiazole rings is 1. The molecule has 2 heterocycles. The Kier molecular flexibility index (Phi) is 3.85. The number of nitrogens with zero attached hydrogens (tertiary/aromatic N) is 2. The van der Waals surface area contributed by atoms with Gasteiger partial charge in [0.25, 0.3) is 5.91 Å². The van der Waals surface area contributed by atoms with Gasteiger partial charge in [-0.15, -0.1) is 11.3 Å². The molecule has 0 radical (unpaired) electrons. The number of carbonyl (C=O) groups excluding carboxylic acids is 1. The highest BCUT2D eigenvalue weighted by Gasteiger charge is 2.36. The Morgan fingerprint density at radius 1 is 1.48 bits per heavy atom. The van der Waals surface area contributed by atoms with Crippen molar-refractivity contribution in [2.75, 3.05) is 5.73 Å². The van der Waals surface area contributed by atoms with Crippen LogP contribution in [-0.2, 0) is 0 Å². The van der Waals surface area contributed by atoms with Crippen molar-refractivity contribution in [2.45, 2.75) is 25.0 Å². The van der Waals surface area contributed by atoms with Crippen molar-refractivity contribution in [2.24, 2.45) is 5.92 Å². The molecule has 4 N–H and O–H groups in total. The minimum absolute atomic E-state index is 0.190. The van der Waals surface area contributed by atoms with Crippen LogP contribution < -0.4 is 11.1 Å². The Morgan fingerprint density at radius 2 is 2.29 bits per heavy atom. The zero-order chi connectivity index (χ0) is 14.8. The molecular formula is C14H16N4O2S. The summed E-state index contributed by atoms with van der Waals surface area (Å²) in [4.78, 5) is 20.6. The first kappa shape index (κ1) is 14.0. The second kappa shape index (κ2) is 5.79. The predicted molar refractivity (Wildman–Crippen MR) is 79.7 cm³/mol. The summed E-state index contributed by atoms with van der Waals surface area (Å²) in [5.41, 5.74) is 6.67. The summed E-state index contributed by atoms with van der Waals surface area (Å²) in [6, 6.07) is 5.38. The monoisotopic (exact) mass is 304 g/mol. The molecule has 1 fully saturated rings. The van der Waals surface area contributed by atoms with Crippen molar-refractivity contribution in [3.8, 4) is 0 Å². The number of nitrogens with two attached hydrogens (primary N) is 1. The summed E-state index contributed by atoms with van der Waals surface area (Å²) in [7, 11) is 0.